The number of carbonyl (C=O) groups excluding carboxylic acids is 1. The van der Waals surface area contributed by atoms with Crippen molar-refractivity contribution in [1.29, 1.82) is 0 Å². The Morgan fingerprint density at radius 1 is 1.56 bits per heavy atom. The van der Waals surface area contributed by atoms with E-state index in [-0.39, 0.29) is 6.54 Å². The molecule has 0 spiro atoms. The molecule has 0 aliphatic rings. The SMILES string of the molecule is O=C(NCc1sccc1Br)OCC(F)(F)F. The minimum absolute atomic E-state index is 0.134. The van der Waals surface area contributed by atoms with E-state index in [0.29, 0.717) is 0 Å². The molecule has 0 aromatic carbocycles. The molecular formula is C8H7BrF3NO2S. The van der Waals surface area contributed by atoms with Crippen molar-refractivity contribution in [3.05, 3.63) is 20.8 Å². The fourth-order valence-corrected chi connectivity index (χ4v) is 2.23. The fraction of sp³-hybridized carbons (Fsp3) is 0.375. The molecule has 3 nitrogen and oxygen atoms in total. The van der Waals surface area contributed by atoms with Crippen molar-refractivity contribution in [3.8, 4) is 0 Å². The Labute approximate surface area is 102 Å². The van der Waals surface area contributed by atoms with Crippen molar-refractivity contribution in [1.82, 2.24) is 5.32 Å². The van der Waals surface area contributed by atoms with Gasteiger partial charge in [-0.1, -0.05) is 0 Å². The van der Waals surface area contributed by atoms with Crippen LogP contribution >= 0.6 is 27.3 Å². The highest BCUT2D eigenvalue weighted by Crippen LogP contribution is 2.22. The van der Waals surface area contributed by atoms with Gasteiger partial charge in [0.15, 0.2) is 6.61 Å². The van der Waals surface area contributed by atoms with Crippen LogP contribution in [0.5, 0.6) is 0 Å². The molecule has 1 amide bonds. The number of rotatable bonds is 3. The molecule has 0 fully saturated rings. The molecule has 0 bridgehead atoms. The highest BCUT2D eigenvalue weighted by molar-refractivity contribution is 9.10. The molecular weight excluding hydrogens is 311 g/mol. The molecule has 0 aliphatic carbocycles. The number of alkyl halides is 3. The topological polar surface area (TPSA) is 38.3 Å². The first-order valence-electron chi connectivity index (χ1n) is 4.08. The Bertz CT molecular complexity index is 366. The Balaban J connectivity index is 2.29. The zero-order valence-corrected chi connectivity index (χ0v) is 10.2. The molecule has 16 heavy (non-hydrogen) atoms. The number of halogens is 4. The molecule has 0 atom stereocenters. The molecule has 1 heterocycles. The van der Waals surface area contributed by atoms with Crippen LogP contribution in [-0.2, 0) is 11.3 Å². The van der Waals surface area contributed by atoms with Crippen LogP contribution in [-0.4, -0.2) is 18.9 Å². The summed E-state index contributed by atoms with van der Waals surface area (Å²) < 4.78 is 39.8. The number of ether oxygens (including phenoxy) is 1. The maximum absolute atomic E-state index is 11.7. The molecule has 1 aromatic rings. The third-order valence-corrected chi connectivity index (χ3v) is 3.38. The summed E-state index contributed by atoms with van der Waals surface area (Å²) in [7, 11) is 0. The zero-order chi connectivity index (χ0) is 12.2. The lowest BCUT2D eigenvalue weighted by Crippen LogP contribution is -2.28. The number of amides is 1. The Morgan fingerprint density at radius 2 is 2.25 bits per heavy atom. The number of carbonyl (C=O) groups is 1. The van der Waals surface area contributed by atoms with E-state index in [0.717, 1.165) is 9.35 Å². The van der Waals surface area contributed by atoms with Crippen molar-refractivity contribution in [3.63, 3.8) is 0 Å². The number of alkyl carbamates (subject to hydrolysis) is 1. The molecule has 0 aliphatic heterocycles. The van der Waals surface area contributed by atoms with E-state index in [9.17, 15) is 18.0 Å². The number of nitrogens with one attached hydrogen (secondary N) is 1. The molecule has 0 saturated carbocycles. The van der Waals surface area contributed by atoms with Crippen molar-refractivity contribution in [2.45, 2.75) is 12.7 Å². The van der Waals surface area contributed by atoms with Gasteiger partial charge in [0.25, 0.3) is 0 Å². The Morgan fingerprint density at radius 3 is 2.75 bits per heavy atom. The van der Waals surface area contributed by atoms with Gasteiger partial charge in [-0.25, -0.2) is 4.79 Å². The van der Waals surface area contributed by atoms with Crippen LogP contribution in [0, 0.1) is 0 Å². The minimum Gasteiger partial charge on any atom is -0.440 e. The predicted octanol–water partition coefficient (Wildman–Crippen LogP) is 3.30. The van der Waals surface area contributed by atoms with Crippen molar-refractivity contribution < 1.29 is 22.7 Å². The average Bonchev–Trinajstić information content (AvgIpc) is 2.57. The lowest BCUT2D eigenvalue weighted by Gasteiger charge is -2.08. The van der Waals surface area contributed by atoms with E-state index >= 15 is 0 Å². The van der Waals surface area contributed by atoms with E-state index < -0.39 is 18.9 Å². The summed E-state index contributed by atoms with van der Waals surface area (Å²) in [6.45, 7) is -1.45. The number of hydrogen-bond acceptors (Lipinski definition) is 3. The van der Waals surface area contributed by atoms with Crippen LogP contribution in [0.25, 0.3) is 0 Å². The highest BCUT2D eigenvalue weighted by Gasteiger charge is 2.29. The predicted molar refractivity (Wildman–Crippen MR) is 56.3 cm³/mol. The van der Waals surface area contributed by atoms with E-state index in [2.05, 4.69) is 26.0 Å². The molecule has 0 unspecified atom stereocenters. The molecule has 8 heteroatoms. The van der Waals surface area contributed by atoms with Crippen molar-refractivity contribution in [2.24, 2.45) is 0 Å². The second kappa shape index (κ2) is 5.53. The maximum atomic E-state index is 11.7. The summed E-state index contributed by atoms with van der Waals surface area (Å²) >= 11 is 4.60. The minimum atomic E-state index is -4.50. The van der Waals surface area contributed by atoms with Crippen molar-refractivity contribution >= 4 is 33.4 Å². The largest absolute Gasteiger partial charge is 0.440 e. The van der Waals surface area contributed by atoms with E-state index in [1.165, 1.54) is 11.3 Å². The van der Waals surface area contributed by atoms with Gasteiger partial charge < -0.3 is 10.1 Å². The normalized spacial score (nSPS) is 11.2. The molecule has 0 radical (unpaired) electrons. The molecule has 1 rings (SSSR count). The fourth-order valence-electron chi connectivity index (χ4n) is 0.802. The first-order valence-corrected chi connectivity index (χ1v) is 5.75. The molecule has 1 N–H and O–H groups in total. The maximum Gasteiger partial charge on any atom is 0.422 e. The van der Waals surface area contributed by atoms with Gasteiger partial charge in [0.1, 0.15) is 0 Å². The van der Waals surface area contributed by atoms with E-state index in [1.807, 2.05) is 0 Å². The molecule has 1 aromatic heterocycles. The van der Waals surface area contributed by atoms with Gasteiger partial charge in [-0.3, -0.25) is 0 Å². The Kier molecular flexibility index (Phi) is 4.60. The summed E-state index contributed by atoms with van der Waals surface area (Å²) in [6, 6.07) is 1.78. The van der Waals surface area contributed by atoms with Gasteiger partial charge in [-0.2, -0.15) is 13.2 Å². The lowest BCUT2D eigenvalue weighted by atomic mass is 10.5. The lowest BCUT2D eigenvalue weighted by molar-refractivity contribution is -0.160. The van der Waals surface area contributed by atoms with Gasteiger partial charge >= 0.3 is 12.3 Å². The van der Waals surface area contributed by atoms with Crippen molar-refractivity contribution in [2.75, 3.05) is 6.61 Å². The van der Waals surface area contributed by atoms with Gasteiger partial charge in [0.2, 0.25) is 0 Å². The van der Waals surface area contributed by atoms with Gasteiger partial charge in [0, 0.05) is 9.35 Å². The quantitative estimate of drug-likeness (QED) is 0.929. The second-order valence-corrected chi connectivity index (χ2v) is 4.59. The Hall–Kier alpha value is -0.760. The van der Waals surface area contributed by atoms with Gasteiger partial charge in [0.05, 0.1) is 6.54 Å². The highest BCUT2D eigenvalue weighted by atomic mass is 79.9. The summed E-state index contributed by atoms with van der Waals surface area (Å²) in [6.07, 6.45) is -5.58. The monoisotopic (exact) mass is 317 g/mol. The number of hydrogen-bond donors (Lipinski definition) is 1. The van der Waals surface area contributed by atoms with Crippen LogP contribution in [0.2, 0.25) is 0 Å². The summed E-state index contributed by atoms with van der Waals surface area (Å²) in [5, 5.41) is 4.01. The third kappa shape index (κ3) is 4.84. The third-order valence-electron chi connectivity index (χ3n) is 1.45. The second-order valence-electron chi connectivity index (χ2n) is 2.74. The smallest absolute Gasteiger partial charge is 0.422 e. The standard InChI is InChI=1S/C8H7BrF3NO2S/c9-5-1-2-16-6(5)3-13-7(14)15-4-8(10,11)12/h1-2H,3-4H2,(H,13,14). The zero-order valence-electron chi connectivity index (χ0n) is 7.81. The van der Waals surface area contributed by atoms with Gasteiger partial charge in [-0.15, -0.1) is 11.3 Å². The van der Waals surface area contributed by atoms with Crippen LogP contribution in [0.1, 0.15) is 4.88 Å². The first kappa shape index (κ1) is 13.3. The number of thiophene rings is 1. The van der Waals surface area contributed by atoms with E-state index in [1.54, 1.807) is 11.4 Å². The van der Waals surface area contributed by atoms with Crippen LogP contribution in [0.4, 0.5) is 18.0 Å². The van der Waals surface area contributed by atoms with Crippen LogP contribution in [0.15, 0.2) is 15.9 Å². The molecule has 0 saturated heterocycles. The average molecular weight is 318 g/mol. The summed E-state index contributed by atoms with van der Waals surface area (Å²) in [5.41, 5.74) is 0. The van der Waals surface area contributed by atoms with Crippen LogP contribution < -0.4 is 5.32 Å². The van der Waals surface area contributed by atoms with E-state index in [4.69, 9.17) is 0 Å². The summed E-state index contributed by atoms with van der Waals surface area (Å²) in [4.78, 5) is 11.7. The first-order chi connectivity index (χ1) is 7.38. The molecule has 90 valence electrons. The van der Waals surface area contributed by atoms with Gasteiger partial charge in [-0.05, 0) is 27.4 Å². The summed E-state index contributed by atoms with van der Waals surface area (Å²) in [5.74, 6) is 0. The van der Waals surface area contributed by atoms with Crippen LogP contribution in [0.3, 0.4) is 0 Å².